The highest BCUT2D eigenvalue weighted by atomic mass is 15.1. The Morgan fingerprint density at radius 1 is 0.750 bits per heavy atom. The molecule has 0 bridgehead atoms. The van der Waals surface area contributed by atoms with Crippen molar-refractivity contribution in [1.82, 2.24) is 21.3 Å². The maximum absolute atomic E-state index is 4.09. The van der Waals surface area contributed by atoms with Gasteiger partial charge in [-0.15, -0.1) is 0 Å². The van der Waals surface area contributed by atoms with Crippen LogP contribution in [-0.4, -0.2) is 49.8 Å². The van der Waals surface area contributed by atoms with Crippen molar-refractivity contribution >= 4 is 0 Å². The summed E-state index contributed by atoms with van der Waals surface area (Å²) >= 11 is 0. The van der Waals surface area contributed by atoms with Gasteiger partial charge in [-0.05, 0) is 77.0 Å². The van der Waals surface area contributed by atoms with Crippen molar-refractivity contribution in [1.29, 1.82) is 0 Å². The Labute approximate surface area is 122 Å². The summed E-state index contributed by atoms with van der Waals surface area (Å²) in [4.78, 5) is 0. The first-order chi connectivity index (χ1) is 9.79. The number of rotatable bonds is 1. The minimum Gasteiger partial charge on any atom is -0.317 e. The van der Waals surface area contributed by atoms with Crippen LogP contribution < -0.4 is 21.3 Å². The van der Waals surface area contributed by atoms with Crippen LogP contribution in [0.2, 0.25) is 0 Å². The van der Waals surface area contributed by atoms with Crippen LogP contribution >= 0.6 is 0 Å². The lowest BCUT2D eigenvalue weighted by Crippen LogP contribution is -2.57. The van der Waals surface area contributed by atoms with E-state index in [1.54, 1.807) is 0 Å². The smallest absolute Gasteiger partial charge is 0.0321 e. The van der Waals surface area contributed by atoms with Gasteiger partial charge in [0.2, 0.25) is 0 Å². The van der Waals surface area contributed by atoms with Crippen molar-refractivity contribution in [2.45, 2.75) is 62.1 Å². The number of piperidine rings is 2. The SMILES string of the molecule is C1CC2(CCN1)CCC(C1CCNC3(CCNC3)C1)N2. The zero-order chi connectivity index (χ0) is 13.5. The molecule has 2 spiro atoms. The molecular formula is C16H30N4. The largest absolute Gasteiger partial charge is 0.317 e. The first-order valence-electron chi connectivity index (χ1n) is 8.74. The monoisotopic (exact) mass is 278 g/mol. The Hall–Kier alpha value is -0.160. The Morgan fingerprint density at radius 2 is 1.55 bits per heavy atom. The van der Waals surface area contributed by atoms with Gasteiger partial charge >= 0.3 is 0 Å². The first kappa shape index (κ1) is 13.5. The van der Waals surface area contributed by atoms with Crippen LogP contribution in [0.3, 0.4) is 0 Å². The van der Waals surface area contributed by atoms with Gasteiger partial charge < -0.3 is 21.3 Å². The second kappa shape index (κ2) is 5.24. The highest BCUT2D eigenvalue weighted by Crippen LogP contribution is 2.39. The molecule has 0 aliphatic carbocycles. The minimum absolute atomic E-state index is 0.425. The van der Waals surface area contributed by atoms with Gasteiger partial charge in [-0.1, -0.05) is 0 Å². The molecule has 3 atom stereocenters. The molecule has 4 aliphatic heterocycles. The molecular weight excluding hydrogens is 248 g/mol. The van der Waals surface area contributed by atoms with Gasteiger partial charge in [0, 0.05) is 23.7 Å². The Morgan fingerprint density at radius 3 is 2.35 bits per heavy atom. The van der Waals surface area contributed by atoms with Crippen molar-refractivity contribution in [3.63, 3.8) is 0 Å². The molecule has 0 aromatic heterocycles. The fourth-order valence-electron chi connectivity index (χ4n) is 5.23. The maximum atomic E-state index is 4.09. The summed E-state index contributed by atoms with van der Waals surface area (Å²) in [6, 6.07) is 0.785. The summed E-state index contributed by atoms with van der Waals surface area (Å²) in [5.74, 6) is 0.894. The minimum atomic E-state index is 0.425. The van der Waals surface area contributed by atoms with Crippen LogP contribution in [0.4, 0.5) is 0 Å². The van der Waals surface area contributed by atoms with Gasteiger partial charge in [-0.2, -0.15) is 0 Å². The van der Waals surface area contributed by atoms with E-state index in [-0.39, 0.29) is 0 Å². The van der Waals surface area contributed by atoms with Crippen LogP contribution in [0.25, 0.3) is 0 Å². The molecule has 114 valence electrons. The average molecular weight is 278 g/mol. The van der Waals surface area contributed by atoms with Crippen molar-refractivity contribution in [3.05, 3.63) is 0 Å². The zero-order valence-electron chi connectivity index (χ0n) is 12.6. The van der Waals surface area contributed by atoms with Crippen molar-refractivity contribution < 1.29 is 0 Å². The van der Waals surface area contributed by atoms with E-state index in [0.29, 0.717) is 11.1 Å². The molecule has 4 nitrogen and oxygen atoms in total. The summed E-state index contributed by atoms with van der Waals surface area (Å²) in [7, 11) is 0. The van der Waals surface area contributed by atoms with Gasteiger partial charge in [-0.25, -0.2) is 0 Å². The topological polar surface area (TPSA) is 48.1 Å². The van der Waals surface area contributed by atoms with Crippen molar-refractivity contribution in [2.75, 3.05) is 32.7 Å². The molecule has 0 amide bonds. The molecule has 4 heteroatoms. The normalized spacial score (nSPS) is 44.4. The van der Waals surface area contributed by atoms with Gasteiger partial charge in [0.25, 0.3) is 0 Å². The molecule has 4 saturated heterocycles. The molecule has 4 N–H and O–H groups in total. The van der Waals surface area contributed by atoms with E-state index in [4.69, 9.17) is 0 Å². The fourth-order valence-corrected chi connectivity index (χ4v) is 5.23. The van der Waals surface area contributed by atoms with Crippen LogP contribution in [-0.2, 0) is 0 Å². The molecule has 3 unspecified atom stereocenters. The summed E-state index contributed by atoms with van der Waals surface area (Å²) in [6.45, 7) is 6.03. The predicted octanol–water partition coefficient (Wildman–Crippen LogP) is 0.592. The van der Waals surface area contributed by atoms with Gasteiger partial charge in [-0.3, -0.25) is 0 Å². The van der Waals surface area contributed by atoms with Gasteiger partial charge in [0.05, 0.1) is 0 Å². The predicted molar refractivity (Wildman–Crippen MR) is 81.9 cm³/mol. The molecule has 4 rings (SSSR count). The highest BCUT2D eigenvalue weighted by Gasteiger charge is 2.45. The second-order valence-electron chi connectivity index (χ2n) is 7.71. The van der Waals surface area contributed by atoms with E-state index >= 15 is 0 Å². The third kappa shape index (κ3) is 2.41. The quantitative estimate of drug-likeness (QED) is 0.567. The van der Waals surface area contributed by atoms with Crippen molar-refractivity contribution in [2.24, 2.45) is 5.92 Å². The average Bonchev–Trinajstić information content (AvgIpc) is 3.08. The fraction of sp³-hybridized carbons (Fsp3) is 1.00. The van der Waals surface area contributed by atoms with E-state index in [9.17, 15) is 0 Å². The zero-order valence-corrected chi connectivity index (χ0v) is 12.6. The lowest BCUT2D eigenvalue weighted by Gasteiger charge is -2.42. The van der Waals surface area contributed by atoms with Crippen molar-refractivity contribution in [3.8, 4) is 0 Å². The first-order valence-corrected chi connectivity index (χ1v) is 8.74. The second-order valence-corrected chi connectivity index (χ2v) is 7.71. The van der Waals surface area contributed by atoms with E-state index in [1.807, 2.05) is 0 Å². The molecule has 0 radical (unpaired) electrons. The number of hydrogen-bond acceptors (Lipinski definition) is 4. The van der Waals surface area contributed by atoms with Crippen LogP contribution in [0.1, 0.15) is 44.9 Å². The third-order valence-corrected chi connectivity index (χ3v) is 6.47. The maximum Gasteiger partial charge on any atom is 0.0321 e. The number of nitrogens with one attached hydrogen (secondary N) is 4. The van der Waals surface area contributed by atoms with E-state index < -0.39 is 0 Å². The molecule has 4 fully saturated rings. The highest BCUT2D eigenvalue weighted by molar-refractivity contribution is 5.06. The Balaban J connectivity index is 1.40. The lowest BCUT2D eigenvalue weighted by molar-refractivity contribution is 0.168. The molecule has 20 heavy (non-hydrogen) atoms. The summed E-state index contributed by atoms with van der Waals surface area (Å²) in [6.07, 6.45) is 9.57. The van der Waals surface area contributed by atoms with Gasteiger partial charge in [0.1, 0.15) is 0 Å². The standard InChI is InChI=1S/C16H30N4/c1-3-15(4-8-17-9-5-15)20-14(1)13-2-7-19-16(11-13)6-10-18-12-16/h13-14,17-20H,1-12H2. The van der Waals surface area contributed by atoms with Gasteiger partial charge in [0.15, 0.2) is 0 Å². The van der Waals surface area contributed by atoms with Crippen LogP contribution in [0, 0.1) is 5.92 Å². The van der Waals surface area contributed by atoms with E-state index in [0.717, 1.165) is 12.0 Å². The Bertz CT molecular complexity index is 344. The Kier molecular flexibility index (Phi) is 3.53. The van der Waals surface area contributed by atoms with Crippen LogP contribution in [0.5, 0.6) is 0 Å². The molecule has 4 heterocycles. The molecule has 0 aromatic rings. The summed E-state index contributed by atoms with van der Waals surface area (Å²) in [5.41, 5.74) is 0.913. The summed E-state index contributed by atoms with van der Waals surface area (Å²) < 4.78 is 0. The van der Waals surface area contributed by atoms with E-state index in [1.165, 1.54) is 77.7 Å². The summed E-state index contributed by atoms with van der Waals surface area (Å²) in [5, 5.41) is 15.0. The number of hydrogen-bond donors (Lipinski definition) is 4. The molecule has 0 saturated carbocycles. The molecule has 4 aliphatic rings. The molecule has 0 aromatic carbocycles. The van der Waals surface area contributed by atoms with Crippen LogP contribution in [0.15, 0.2) is 0 Å². The van der Waals surface area contributed by atoms with E-state index in [2.05, 4.69) is 21.3 Å². The lowest BCUT2D eigenvalue weighted by atomic mass is 9.77. The third-order valence-electron chi connectivity index (χ3n) is 6.47.